The Balaban J connectivity index is -0.000000316. The van der Waals surface area contributed by atoms with Gasteiger partial charge in [0.2, 0.25) is 12.2 Å². The van der Waals surface area contributed by atoms with Gasteiger partial charge < -0.3 is 14.4 Å². The Bertz CT molecular complexity index is 441. The molecule has 0 spiro atoms. The monoisotopic (exact) mass is 374 g/mol. The van der Waals surface area contributed by atoms with Gasteiger partial charge in [-0.15, -0.1) is 0 Å². The van der Waals surface area contributed by atoms with Crippen molar-refractivity contribution in [3.05, 3.63) is 12.3 Å². The normalized spacial score (nSPS) is 9.96. The number of ether oxygens (including phenoxy) is 2. The zero-order chi connectivity index (χ0) is 21.3. The van der Waals surface area contributed by atoms with Gasteiger partial charge in [0.1, 0.15) is 0 Å². The van der Waals surface area contributed by atoms with E-state index in [4.69, 9.17) is 9.47 Å². The van der Waals surface area contributed by atoms with E-state index in [1.165, 1.54) is 26.8 Å². The van der Waals surface area contributed by atoms with Crippen molar-refractivity contribution in [1.82, 2.24) is 9.80 Å². The molecule has 0 aromatic carbocycles. The van der Waals surface area contributed by atoms with Crippen molar-refractivity contribution in [2.45, 2.75) is 41.0 Å². The van der Waals surface area contributed by atoms with Crippen LogP contribution in [0.2, 0.25) is 0 Å². The summed E-state index contributed by atoms with van der Waals surface area (Å²) in [6, 6.07) is 0. The Morgan fingerprint density at radius 3 is 1.38 bits per heavy atom. The molecule has 0 fully saturated rings. The third-order valence-electron chi connectivity index (χ3n) is 2.41. The maximum absolute atomic E-state index is 10.6. The van der Waals surface area contributed by atoms with E-state index < -0.39 is 11.6 Å². The lowest BCUT2D eigenvalue weighted by Crippen LogP contribution is -2.33. The lowest BCUT2D eigenvalue weighted by Gasteiger charge is -2.22. The lowest BCUT2D eigenvalue weighted by atomic mass is 10.3. The number of rotatable bonds is 9. The molecular formula is C18H34N2O6. The second-order valence-corrected chi connectivity index (χ2v) is 5.49. The van der Waals surface area contributed by atoms with Gasteiger partial charge in [-0.25, -0.2) is 0 Å². The maximum atomic E-state index is 10.6. The highest BCUT2D eigenvalue weighted by atomic mass is 16.7. The topological polar surface area (TPSA) is 93.2 Å². The summed E-state index contributed by atoms with van der Waals surface area (Å²) >= 11 is 0. The first-order chi connectivity index (χ1) is 11.9. The first-order valence-electron chi connectivity index (χ1n) is 8.21. The number of hydrogen-bond donors (Lipinski definition) is 0. The van der Waals surface area contributed by atoms with E-state index in [2.05, 4.69) is 0 Å². The van der Waals surface area contributed by atoms with Crippen molar-refractivity contribution >= 4 is 23.1 Å². The zero-order valence-electron chi connectivity index (χ0n) is 17.5. The summed E-state index contributed by atoms with van der Waals surface area (Å²) < 4.78 is 10.5. The number of carbonyl (C=O) groups is 4. The smallest absolute Gasteiger partial charge is 0.222 e. The molecule has 0 atom stereocenters. The predicted molar refractivity (Wildman–Crippen MR) is 101 cm³/mol. The number of carbonyl (C=O) groups excluding carboxylic acids is 4. The van der Waals surface area contributed by atoms with Crippen molar-refractivity contribution in [1.29, 1.82) is 0 Å². The van der Waals surface area contributed by atoms with Crippen LogP contribution < -0.4 is 0 Å². The van der Waals surface area contributed by atoms with E-state index in [1.54, 1.807) is 25.2 Å². The van der Waals surface area contributed by atoms with Crippen LogP contribution in [-0.2, 0) is 28.7 Å². The molecule has 8 nitrogen and oxygen atoms in total. The van der Waals surface area contributed by atoms with E-state index in [1.807, 2.05) is 32.8 Å². The minimum absolute atomic E-state index is 0.185. The van der Waals surface area contributed by atoms with Crippen LogP contribution in [0.25, 0.3) is 0 Å². The Morgan fingerprint density at radius 2 is 1.19 bits per heavy atom. The molecule has 0 unspecified atom stereocenters. The summed E-state index contributed by atoms with van der Waals surface area (Å²) in [5, 5.41) is 0. The molecule has 0 radical (unpaired) electrons. The molecule has 0 N–H and O–H groups in total. The van der Waals surface area contributed by atoms with Gasteiger partial charge in [-0.05, 0) is 27.9 Å². The molecule has 0 bridgehead atoms. The van der Waals surface area contributed by atoms with Crippen LogP contribution in [0.15, 0.2) is 12.3 Å². The zero-order valence-corrected chi connectivity index (χ0v) is 17.5. The molecule has 0 rings (SSSR count). The van der Waals surface area contributed by atoms with E-state index in [-0.39, 0.29) is 18.0 Å². The molecule has 26 heavy (non-hydrogen) atoms. The fourth-order valence-corrected chi connectivity index (χ4v) is 0.966. The standard InChI is InChI=1S/C7H11NO2.C7H17NO2.C4H6O2/c1-6(9)7(10)4-5-8(2)3;1-5-9-7(8(3)4)10-6-2;1-3(5)4(2)6/h4-5H,1-3H3;7H,5-6H2,1-4H3;1-2H3/b5-4+;;. The highest BCUT2D eigenvalue weighted by molar-refractivity contribution is 6.40. The third kappa shape index (κ3) is 22.1. The third-order valence-corrected chi connectivity index (χ3v) is 2.41. The molecule has 0 aliphatic carbocycles. The summed E-state index contributed by atoms with van der Waals surface area (Å²) in [5.74, 6) is -1.66. The molecule has 8 heteroatoms. The van der Waals surface area contributed by atoms with E-state index >= 15 is 0 Å². The van der Waals surface area contributed by atoms with E-state index in [0.29, 0.717) is 13.2 Å². The summed E-state index contributed by atoms with van der Waals surface area (Å²) in [6.07, 6.45) is 2.61. The van der Waals surface area contributed by atoms with Crippen molar-refractivity contribution in [2.75, 3.05) is 41.4 Å². The van der Waals surface area contributed by atoms with Gasteiger partial charge >= 0.3 is 0 Å². The number of Topliss-reactive ketones (excluding diaryl/α,β-unsaturated/α-hetero) is 3. The molecule has 0 aromatic rings. The van der Waals surface area contributed by atoms with E-state index in [0.717, 1.165) is 0 Å². The van der Waals surface area contributed by atoms with Crippen molar-refractivity contribution in [3.63, 3.8) is 0 Å². The Morgan fingerprint density at radius 1 is 0.808 bits per heavy atom. The highest BCUT2D eigenvalue weighted by Crippen LogP contribution is 1.96. The highest BCUT2D eigenvalue weighted by Gasteiger charge is 2.08. The van der Waals surface area contributed by atoms with Gasteiger partial charge in [0.05, 0.1) is 0 Å². The van der Waals surface area contributed by atoms with E-state index in [9.17, 15) is 19.2 Å². The van der Waals surface area contributed by atoms with Gasteiger partial charge in [0, 0.05) is 60.4 Å². The Kier molecular flexibility index (Phi) is 19.9. The van der Waals surface area contributed by atoms with Crippen LogP contribution in [-0.4, -0.2) is 80.8 Å². The molecule has 0 heterocycles. The molecule has 0 aliphatic heterocycles. The number of nitrogens with zero attached hydrogens (tertiary/aromatic N) is 2. The van der Waals surface area contributed by atoms with Crippen LogP contribution in [0.5, 0.6) is 0 Å². The van der Waals surface area contributed by atoms with Crippen LogP contribution >= 0.6 is 0 Å². The van der Waals surface area contributed by atoms with Gasteiger partial charge in [0.25, 0.3) is 0 Å². The average molecular weight is 374 g/mol. The van der Waals surface area contributed by atoms with Crippen LogP contribution in [0.1, 0.15) is 34.6 Å². The minimum Gasteiger partial charge on any atom is -0.383 e. The van der Waals surface area contributed by atoms with Gasteiger partial charge in [0.15, 0.2) is 17.3 Å². The second-order valence-electron chi connectivity index (χ2n) is 5.49. The van der Waals surface area contributed by atoms with Gasteiger partial charge in [-0.1, -0.05) is 0 Å². The molecule has 152 valence electrons. The van der Waals surface area contributed by atoms with Crippen molar-refractivity contribution < 1.29 is 28.7 Å². The van der Waals surface area contributed by atoms with Crippen LogP contribution in [0.4, 0.5) is 0 Å². The fraction of sp³-hybridized carbons (Fsp3) is 0.667. The largest absolute Gasteiger partial charge is 0.383 e. The van der Waals surface area contributed by atoms with Crippen molar-refractivity contribution in [3.8, 4) is 0 Å². The van der Waals surface area contributed by atoms with Crippen LogP contribution in [0.3, 0.4) is 0 Å². The summed E-state index contributed by atoms with van der Waals surface area (Å²) in [4.78, 5) is 44.1. The van der Waals surface area contributed by atoms with Gasteiger partial charge in [-0.3, -0.25) is 24.1 Å². The summed E-state index contributed by atoms with van der Waals surface area (Å²) in [7, 11) is 7.42. The Hall–Kier alpha value is -1.90. The molecule has 0 aliphatic rings. The summed E-state index contributed by atoms with van der Waals surface area (Å²) in [5.41, 5.74) is 0. The van der Waals surface area contributed by atoms with Crippen LogP contribution in [0, 0.1) is 0 Å². The predicted octanol–water partition coefficient (Wildman–Crippen LogP) is 1.29. The quantitative estimate of drug-likeness (QED) is 0.339. The first kappa shape index (κ1) is 28.9. The molecule has 0 amide bonds. The Labute approximate surface area is 157 Å². The van der Waals surface area contributed by atoms with Crippen molar-refractivity contribution in [2.24, 2.45) is 0 Å². The SMILES string of the molecule is CC(=O)C(=O)/C=C/N(C)C.CC(=O)C(C)=O.CCOC(OCC)N(C)C. The first-order valence-corrected chi connectivity index (χ1v) is 8.21. The fourth-order valence-electron chi connectivity index (χ4n) is 0.966. The second kappa shape index (κ2) is 17.9. The molecule has 0 saturated carbocycles. The molecule has 0 aromatic heterocycles. The number of hydrogen-bond acceptors (Lipinski definition) is 8. The maximum Gasteiger partial charge on any atom is 0.222 e. The number of allylic oxidation sites excluding steroid dienone is 1. The average Bonchev–Trinajstić information content (AvgIpc) is 2.53. The minimum atomic E-state index is -0.464. The summed E-state index contributed by atoms with van der Waals surface area (Å²) in [6.45, 7) is 9.03. The molecular weight excluding hydrogens is 340 g/mol. The number of ketones is 4. The van der Waals surface area contributed by atoms with Gasteiger partial charge in [-0.2, -0.15) is 0 Å². The lowest BCUT2D eigenvalue weighted by molar-refractivity contribution is -0.206. The molecule has 0 saturated heterocycles.